The van der Waals surface area contributed by atoms with Crippen molar-refractivity contribution in [2.75, 3.05) is 0 Å². The lowest BCUT2D eigenvalue weighted by atomic mass is 9.96. The fourth-order valence-electron chi connectivity index (χ4n) is 1.79. The van der Waals surface area contributed by atoms with Crippen LogP contribution < -0.4 is 0 Å². The highest BCUT2D eigenvalue weighted by atomic mass is 35.7. The third kappa shape index (κ3) is 2.32. The summed E-state index contributed by atoms with van der Waals surface area (Å²) in [7, 11) is 0.982. The van der Waals surface area contributed by atoms with Gasteiger partial charge in [0.25, 0.3) is 6.43 Å². The van der Waals surface area contributed by atoms with Gasteiger partial charge >= 0.3 is 9.24 Å². The quantitative estimate of drug-likeness (QED) is 0.635. The monoisotopic (exact) mass is 295 g/mol. The van der Waals surface area contributed by atoms with Gasteiger partial charge in [0.2, 0.25) is 5.91 Å². The molecule has 0 spiro atoms. The Balaban J connectivity index is 2.25. The van der Waals surface area contributed by atoms with Gasteiger partial charge in [-0.25, -0.2) is 13.1 Å². The molecule has 4 nitrogen and oxygen atoms in total. The molecule has 1 aliphatic rings. The maximum absolute atomic E-state index is 12.3. The average molecular weight is 296 g/mol. The first-order valence-corrected chi connectivity index (χ1v) is 7.22. The molecule has 0 radical (unpaired) electrons. The predicted molar refractivity (Wildman–Crippen MR) is 60.4 cm³/mol. The van der Waals surface area contributed by atoms with Crippen LogP contribution >= 0.6 is 10.7 Å². The fourth-order valence-corrected chi connectivity index (χ4v) is 3.13. The van der Waals surface area contributed by atoms with Crippen molar-refractivity contribution in [3.05, 3.63) is 35.4 Å². The second kappa shape index (κ2) is 4.47. The Hall–Kier alpha value is -1.21. The Labute approximate surface area is 107 Å². The topological polar surface area (TPSA) is 54.5 Å². The lowest BCUT2D eigenvalue weighted by molar-refractivity contribution is -0.137. The molecule has 8 heteroatoms. The van der Waals surface area contributed by atoms with Crippen LogP contribution in [0.15, 0.2) is 24.3 Å². The number of nitrogens with zero attached hydrogens (tertiary/aromatic N) is 1. The van der Waals surface area contributed by atoms with E-state index in [2.05, 4.69) is 0 Å². The van der Waals surface area contributed by atoms with E-state index in [9.17, 15) is 22.0 Å². The average Bonchev–Trinajstić information content (AvgIpc) is 2.23. The zero-order valence-corrected chi connectivity index (χ0v) is 10.5. The van der Waals surface area contributed by atoms with E-state index in [-0.39, 0.29) is 12.0 Å². The van der Waals surface area contributed by atoms with Crippen LogP contribution in [-0.4, -0.2) is 18.6 Å². The first kappa shape index (κ1) is 13.2. The van der Waals surface area contributed by atoms with Crippen molar-refractivity contribution in [1.82, 2.24) is 4.31 Å². The number of carbonyl (C=O) groups excluding carboxylic acids is 1. The number of β-lactam (4-membered cyclic amide) rings is 1. The number of alkyl halides is 2. The normalized spacial score (nSPS) is 20.1. The lowest BCUT2D eigenvalue weighted by Gasteiger charge is -2.37. The van der Waals surface area contributed by atoms with Crippen LogP contribution in [0.3, 0.4) is 0 Å². The van der Waals surface area contributed by atoms with Gasteiger partial charge in [-0.1, -0.05) is 24.3 Å². The summed E-state index contributed by atoms with van der Waals surface area (Å²) in [6, 6.07) is 4.43. The van der Waals surface area contributed by atoms with Crippen LogP contribution in [0.4, 0.5) is 8.78 Å². The lowest BCUT2D eigenvalue weighted by Crippen LogP contribution is -2.47. The zero-order valence-electron chi connectivity index (χ0n) is 8.89. The minimum atomic E-state index is -4.13. The smallest absolute Gasteiger partial charge is 0.274 e. The summed E-state index contributed by atoms with van der Waals surface area (Å²) in [6.45, 7) is 0. The second-order valence-corrected chi connectivity index (χ2v) is 6.21. The van der Waals surface area contributed by atoms with Crippen molar-refractivity contribution >= 4 is 25.8 Å². The van der Waals surface area contributed by atoms with Gasteiger partial charge in [-0.2, -0.15) is 8.42 Å². The van der Waals surface area contributed by atoms with Gasteiger partial charge in [0.15, 0.2) is 0 Å². The molecule has 0 bridgehead atoms. The van der Waals surface area contributed by atoms with E-state index >= 15 is 0 Å². The van der Waals surface area contributed by atoms with Gasteiger partial charge < -0.3 is 0 Å². The number of halogens is 3. The Kier molecular flexibility index (Phi) is 3.29. The van der Waals surface area contributed by atoms with E-state index in [4.69, 9.17) is 10.7 Å². The molecule has 0 aromatic heterocycles. The molecule has 0 aliphatic carbocycles. The van der Waals surface area contributed by atoms with Crippen molar-refractivity contribution in [1.29, 1.82) is 0 Å². The first-order chi connectivity index (χ1) is 8.30. The van der Waals surface area contributed by atoms with Gasteiger partial charge in [-0.3, -0.25) is 4.79 Å². The van der Waals surface area contributed by atoms with Crippen LogP contribution in [0, 0.1) is 0 Å². The predicted octanol–water partition coefficient (Wildman–Crippen LogP) is 2.38. The third-order valence-corrected chi connectivity index (χ3v) is 4.08. The van der Waals surface area contributed by atoms with Crippen LogP contribution in [0.1, 0.15) is 30.0 Å². The number of hydrogen-bond donors (Lipinski definition) is 0. The van der Waals surface area contributed by atoms with Gasteiger partial charge in [0.05, 0.1) is 12.5 Å². The molecule has 1 aliphatic heterocycles. The molecule has 1 atom stereocenters. The van der Waals surface area contributed by atoms with E-state index in [0.717, 1.165) is 0 Å². The summed E-state index contributed by atoms with van der Waals surface area (Å²) in [6.07, 6.45) is -2.59. The molecule has 2 rings (SSSR count). The van der Waals surface area contributed by atoms with E-state index in [1.807, 2.05) is 0 Å². The summed E-state index contributed by atoms with van der Waals surface area (Å²) in [5.41, 5.74) is 0.299. The molecular weight excluding hydrogens is 288 g/mol. The molecule has 98 valence electrons. The van der Waals surface area contributed by atoms with Gasteiger partial charge in [-0.15, -0.1) is 0 Å². The first-order valence-electron chi connectivity index (χ1n) is 4.95. The highest BCUT2D eigenvalue weighted by Gasteiger charge is 2.44. The van der Waals surface area contributed by atoms with Crippen molar-refractivity contribution in [2.45, 2.75) is 18.9 Å². The number of carbonyl (C=O) groups is 1. The second-order valence-electron chi connectivity index (χ2n) is 3.82. The highest BCUT2D eigenvalue weighted by molar-refractivity contribution is 8.12. The van der Waals surface area contributed by atoms with Crippen LogP contribution in [0.25, 0.3) is 0 Å². The maximum atomic E-state index is 12.3. The molecule has 0 N–H and O–H groups in total. The van der Waals surface area contributed by atoms with Gasteiger partial charge in [0.1, 0.15) is 0 Å². The molecule has 1 aromatic carbocycles. The number of amides is 1. The van der Waals surface area contributed by atoms with Crippen molar-refractivity contribution in [3.63, 3.8) is 0 Å². The zero-order chi connectivity index (χ0) is 13.5. The molecule has 1 amide bonds. The van der Waals surface area contributed by atoms with Crippen molar-refractivity contribution in [3.8, 4) is 0 Å². The van der Waals surface area contributed by atoms with Crippen molar-refractivity contribution < 1.29 is 22.0 Å². The molecule has 1 unspecified atom stereocenters. The molecule has 1 aromatic rings. The van der Waals surface area contributed by atoms with E-state index in [0.29, 0.717) is 9.87 Å². The summed E-state index contributed by atoms with van der Waals surface area (Å²) >= 11 is 0. The SMILES string of the molecule is O=C1CC(c2ccc(C(F)F)cc2)N1S(=O)(=O)Cl. The number of hydrogen-bond acceptors (Lipinski definition) is 3. The Morgan fingerprint density at radius 3 is 2.22 bits per heavy atom. The Morgan fingerprint density at radius 1 is 1.28 bits per heavy atom. The minimum absolute atomic E-state index is 0.0000246. The molecule has 1 saturated heterocycles. The molecule has 18 heavy (non-hydrogen) atoms. The van der Waals surface area contributed by atoms with E-state index in [1.165, 1.54) is 24.3 Å². The van der Waals surface area contributed by atoms with Crippen LogP contribution in [0.5, 0.6) is 0 Å². The minimum Gasteiger partial charge on any atom is -0.274 e. The highest BCUT2D eigenvalue weighted by Crippen LogP contribution is 2.38. The standard InChI is InChI=1S/C10H8ClF2NO3S/c11-18(16,17)14-8(5-9(14)15)6-1-3-7(4-2-6)10(12)13/h1-4,8,10H,5H2. The summed E-state index contributed by atoms with van der Waals surface area (Å²) in [5.74, 6) is -0.604. The Bertz CT molecular complexity index is 573. The third-order valence-electron chi connectivity index (χ3n) is 2.71. The number of rotatable bonds is 3. The van der Waals surface area contributed by atoms with Gasteiger partial charge in [-0.05, 0) is 5.56 Å². The summed E-state index contributed by atoms with van der Waals surface area (Å²) < 4.78 is 47.5. The molecule has 1 heterocycles. The largest absolute Gasteiger partial charge is 0.324 e. The number of benzene rings is 1. The van der Waals surface area contributed by atoms with Crippen molar-refractivity contribution in [2.24, 2.45) is 0 Å². The van der Waals surface area contributed by atoms with Crippen LogP contribution in [-0.2, 0) is 14.0 Å². The van der Waals surface area contributed by atoms with Gasteiger partial charge in [0, 0.05) is 16.2 Å². The van der Waals surface area contributed by atoms with E-state index < -0.39 is 27.6 Å². The summed E-state index contributed by atoms with van der Waals surface area (Å²) in [5, 5.41) is 0. The van der Waals surface area contributed by atoms with E-state index in [1.54, 1.807) is 0 Å². The molecular formula is C10H8ClF2NO3S. The Morgan fingerprint density at radius 2 is 1.83 bits per heavy atom. The van der Waals surface area contributed by atoms with Crippen LogP contribution in [0.2, 0.25) is 0 Å². The fraction of sp³-hybridized carbons (Fsp3) is 0.300. The maximum Gasteiger partial charge on any atom is 0.324 e. The molecule has 0 saturated carbocycles. The summed E-state index contributed by atoms with van der Waals surface area (Å²) in [4.78, 5) is 11.2. The molecule has 1 fully saturated rings.